The monoisotopic (exact) mass is 426 g/mol. The number of nitrogens with zero attached hydrogens (tertiary/aromatic N) is 1. The van der Waals surface area contributed by atoms with E-state index in [4.69, 9.17) is 9.72 Å². The number of nitrogens with one attached hydrogen (secondary N) is 1. The van der Waals surface area contributed by atoms with Crippen molar-refractivity contribution in [3.8, 4) is 39.4 Å². The molecular formula is C30H22N2O. The van der Waals surface area contributed by atoms with E-state index >= 15 is 0 Å². The second kappa shape index (κ2) is 7.95. The SMILES string of the molecule is COc1ccc(-c2cc(-c3c(-c4ccccc4)[nH]c4ccccc34)c3ccccc3n2)cc1. The normalized spacial score (nSPS) is 11.2. The maximum absolute atomic E-state index is 5.35. The Kier molecular flexibility index (Phi) is 4.66. The molecule has 0 radical (unpaired) electrons. The summed E-state index contributed by atoms with van der Waals surface area (Å²) in [6, 6.07) is 37.7. The number of hydrogen-bond donors (Lipinski definition) is 1. The molecule has 0 aliphatic heterocycles. The van der Waals surface area contributed by atoms with Crippen LogP contribution in [0.1, 0.15) is 0 Å². The molecule has 0 bridgehead atoms. The number of fused-ring (bicyclic) bond motifs is 2. The van der Waals surface area contributed by atoms with Gasteiger partial charge in [0.15, 0.2) is 0 Å². The second-order valence-corrected chi connectivity index (χ2v) is 8.09. The van der Waals surface area contributed by atoms with Crippen LogP contribution in [0.4, 0.5) is 0 Å². The van der Waals surface area contributed by atoms with E-state index in [1.165, 1.54) is 16.5 Å². The number of methoxy groups -OCH3 is 1. The van der Waals surface area contributed by atoms with Crippen molar-refractivity contribution < 1.29 is 4.74 Å². The van der Waals surface area contributed by atoms with E-state index in [2.05, 4.69) is 96.0 Å². The van der Waals surface area contributed by atoms with E-state index in [0.29, 0.717) is 0 Å². The minimum Gasteiger partial charge on any atom is -0.497 e. The van der Waals surface area contributed by atoms with Crippen LogP contribution in [-0.4, -0.2) is 17.1 Å². The summed E-state index contributed by atoms with van der Waals surface area (Å²) >= 11 is 0. The van der Waals surface area contributed by atoms with Crippen molar-refractivity contribution in [1.82, 2.24) is 9.97 Å². The minimum atomic E-state index is 0.836. The topological polar surface area (TPSA) is 37.9 Å². The lowest BCUT2D eigenvalue weighted by Crippen LogP contribution is -1.91. The van der Waals surface area contributed by atoms with Crippen molar-refractivity contribution >= 4 is 21.8 Å². The van der Waals surface area contributed by atoms with Gasteiger partial charge in [-0.3, -0.25) is 0 Å². The number of aromatic nitrogens is 2. The largest absolute Gasteiger partial charge is 0.497 e. The highest BCUT2D eigenvalue weighted by molar-refractivity contribution is 6.10. The average molecular weight is 427 g/mol. The van der Waals surface area contributed by atoms with Crippen LogP contribution in [0, 0.1) is 0 Å². The van der Waals surface area contributed by atoms with Gasteiger partial charge in [0.2, 0.25) is 0 Å². The molecule has 33 heavy (non-hydrogen) atoms. The summed E-state index contributed by atoms with van der Waals surface area (Å²) < 4.78 is 5.35. The molecule has 0 fully saturated rings. The zero-order valence-corrected chi connectivity index (χ0v) is 18.2. The van der Waals surface area contributed by atoms with E-state index in [1.54, 1.807) is 7.11 Å². The van der Waals surface area contributed by atoms with Crippen molar-refractivity contribution in [1.29, 1.82) is 0 Å². The van der Waals surface area contributed by atoms with Gasteiger partial charge < -0.3 is 9.72 Å². The third-order valence-electron chi connectivity index (χ3n) is 6.14. The van der Waals surface area contributed by atoms with Gasteiger partial charge in [0.25, 0.3) is 0 Å². The van der Waals surface area contributed by atoms with Gasteiger partial charge in [-0.05, 0) is 53.6 Å². The Morgan fingerprint density at radius 2 is 1.36 bits per heavy atom. The first-order valence-corrected chi connectivity index (χ1v) is 11.0. The highest BCUT2D eigenvalue weighted by Crippen LogP contribution is 2.42. The van der Waals surface area contributed by atoms with E-state index < -0.39 is 0 Å². The third kappa shape index (κ3) is 3.35. The molecular weight excluding hydrogens is 404 g/mol. The van der Waals surface area contributed by atoms with Crippen LogP contribution in [0.15, 0.2) is 109 Å². The fourth-order valence-corrected chi connectivity index (χ4v) is 4.53. The predicted molar refractivity (Wildman–Crippen MR) is 136 cm³/mol. The molecule has 0 spiro atoms. The first kappa shape index (κ1) is 19.3. The number of H-pyrrole nitrogens is 1. The summed E-state index contributed by atoms with van der Waals surface area (Å²) in [5.41, 5.74) is 8.75. The van der Waals surface area contributed by atoms with Crippen molar-refractivity contribution in [2.75, 3.05) is 7.11 Å². The van der Waals surface area contributed by atoms with E-state index in [-0.39, 0.29) is 0 Å². The zero-order valence-electron chi connectivity index (χ0n) is 18.2. The van der Waals surface area contributed by atoms with Crippen LogP contribution in [0.3, 0.4) is 0 Å². The highest BCUT2D eigenvalue weighted by atomic mass is 16.5. The summed E-state index contributed by atoms with van der Waals surface area (Å²) in [5, 5.41) is 2.34. The van der Waals surface area contributed by atoms with Crippen molar-refractivity contribution in [3.05, 3.63) is 109 Å². The van der Waals surface area contributed by atoms with Crippen LogP contribution in [0.2, 0.25) is 0 Å². The van der Waals surface area contributed by atoms with Gasteiger partial charge in [0.1, 0.15) is 5.75 Å². The van der Waals surface area contributed by atoms with Gasteiger partial charge in [-0.2, -0.15) is 0 Å². The molecule has 2 heterocycles. The Morgan fingerprint density at radius 1 is 0.667 bits per heavy atom. The molecule has 0 saturated heterocycles. The lowest BCUT2D eigenvalue weighted by atomic mass is 9.94. The average Bonchev–Trinajstić information content (AvgIpc) is 3.28. The number of benzene rings is 4. The number of para-hydroxylation sites is 2. The highest BCUT2D eigenvalue weighted by Gasteiger charge is 2.18. The molecule has 3 nitrogen and oxygen atoms in total. The molecule has 0 aliphatic carbocycles. The van der Waals surface area contributed by atoms with Crippen LogP contribution >= 0.6 is 0 Å². The Bertz CT molecular complexity index is 1580. The van der Waals surface area contributed by atoms with Crippen LogP contribution in [-0.2, 0) is 0 Å². The molecule has 3 heteroatoms. The van der Waals surface area contributed by atoms with E-state index in [0.717, 1.165) is 44.7 Å². The second-order valence-electron chi connectivity index (χ2n) is 8.09. The minimum absolute atomic E-state index is 0.836. The molecule has 2 aromatic heterocycles. The third-order valence-corrected chi connectivity index (χ3v) is 6.14. The molecule has 6 rings (SSSR count). The fourth-order valence-electron chi connectivity index (χ4n) is 4.53. The van der Waals surface area contributed by atoms with Gasteiger partial charge >= 0.3 is 0 Å². The smallest absolute Gasteiger partial charge is 0.118 e. The van der Waals surface area contributed by atoms with Crippen molar-refractivity contribution in [2.24, 2.45) is 0 Å². The summed E-state index contributed by atoms with van der Waals surface area (Å²) in [7, 11) is 1.68. The van der Waals surface area contributed by atoms with Gasteiger partial charge in [0, 0.05) is 27.4 Å². The Labute approximate surface area is 192 Å². The molecule has 0 aliphatic rings. The van der Waals surface area contributed by atoms with E-state index in [1.807, 2.05) is 18.2 Å². The standard InChI is InChI=1S/C30H22N2O/c1-33-22-17-15-20(16-18-22)28-19-25(23-11-5-7-13-26(23)31-28)29-24-12-6-8-14-27(24)32-30(29)21-9-3-2-4-10-21/h2-19,32H,1H3. The predicted octanol–water partition coefficient (Wildman–Crippen LogP) is 7.73. The van der Waals surface area contributed by atoms with Crippen LogP contribution in [0.25, 0.3) is 55.4 Å². The number of aromatic amines is 1. The van der Waals surface area contributed by atoms with Gasteiger partial charge in [-0.25, -0.2) is 4.98 Å². The first-order valence-electron chi connectivity index (χ1n) is 11.0. The lowest BCUT2D eigenvalue weighted by Gasteiger charge is -2.12. The molecule has 0 unspecified atom stereocenters. The van der Waals surface area contributed by atoms with Crippen LogP contribution in [0.5, 0.6) is 5.75 Å². The van der Waals surface area contributed by atoms with E-state index in [9.17, 15) is 0 Å². The van der Waals surface area contributed by atoms with Gasteiger partial charge in [-0.1, -0.05) is 66.7 Å². The summed E-state index contributed by atoms with van der Waals surface area (Å²) in [6.45, 7) is 0. The number of rotatable bonds is 4. The van der Waals surface area contributed by atoms with Crippen molar-refractivity contribution in [3.63, 3.8) is 0 Å². The van der Waals surface area contributed by atoms with Crippen molar-refractivity contribution in [2.45, 2.75) is 0 Å². The Balaban J connectivity index is 1.68. The summed E-state index contributed by atoms with van der Waals surface area (Å²) in [6.07, 6.45) is 0. The molecule has 0 atom stereocenters. The fraction of sp³-hybridized carbons (Fsp3) is 0.0333. The zero-order chi connectivity index (χ0) is 22.2. The number of ether oxygens (including phenoxy) is 1. The molecule has 158 valence electrons. The molecule has 1 N–H and O–H groups in total. The summed E-state index contributed by atoms with van der Waals surface area (Å²) in [5.74, 6) is 0.836. The molecule has 0 amide bonds. The first-order chi connectivity index (χ1) is 16.3. The van der Waals surface area contributed by atoms with Gasteiger partial charge in [0.05, 0.1) is 24.0 Å². The quantitative estimate of drug-likeness (QED) is 0.313. The number of hydrogen-bond acceptors (Lipinski definition) is 2. The molecule has 0 saturated carbocycles. The Morgan fingerprint density at radius 3 is 2.15 bits per heavy atom. The summed E-state index contributed by atoms with van der Waals surface area (Å²) in [4.78, 5) is 8.68. The molecule has 6 aromatic rings. The van der Waals surface area contributed by atoms with Crippen LogP contribution < -0.4 is 4.74 Å². The Hall–Kier alpha value is -4.37. The molecule has 4 aromatic carbocycles. The van der Waals surface area contributed by atoms with Gasteiger partial charge in [-0.15, -0.1) is 0 Å². The number of pyridine rings is 1. The maximum Gasteiger partial charge on any atom is 0.118 e. The maximum atomic E-state index is 5.35. The lowest BCUT2D eigenvalue weighted by molar-refractivity contribution is 0.415.